The molecule has 16 rings (SSSR count). The Morgan fingerprint density at radius 1 is 0.369 bits per heavy atom. The van der Waals surface area contributed by atoms with Gasteiger partial charge < -0.3 is 45.3 Å². The molecule has 0 saturated heterocycles. The summed E-state index contributed by atoms with van der Waals surface area (Å²) in [6, 6.07) is 51.5. The molecule has 0 bridgehead atoms. The average Bonchev–Trinajstić information content (AvgIpc) is 1.63. The molecule has 7 aromatic heterocycles. The summed E-state index contributed by atoms with van der Waals surface area (Å²) in [4.78, 5) is 135. The van der Waals surface area contributed by atoms with Gasteiger partial charge in [-0.15, -0.1) is 47.0 Å². The summed E-state index contributed by atoms with van der Waals surface area (Å²) in [5.41, 5.74) is 18.6. The lowest BCUT2D eigenvalue weighted by atomic mass is 9.90. The molecule has 4 aliphatic carbocycles. The van der Waals surface area contributed by atoms with E-state index < -0.39 is 5.91 Å². The van der Waals surface area contributed by atoms with Crippen molar-refractivity contribution in [2.24, 2.45) is 5.73 Å². The Balaban J connectivity index is 0.000000148. The number of pyridine rings is 3. The lowest BCUT2D eigenvalue weighted by Crippen LogP contribution is -2.39. The highest BCUT2D eigenvalue weighted by atomic mass is 32.2. The van der Waals surface area contributed by atoms with E-state index in [9.17, 15) is 38.4 Å². The largest absolute Gasteiger partial charge is 0.366 e. The van der Waals surface area contributed by atoms with Crippen molar-refractivity contribution in [1.29, 1.82) is 0 Å². The molecule has 5 aromatic carbocycles. The van der Waals surface area contributed by atoms with Crippen molar-refractivity contribution in [3.63, 3.8) is 0 Å². The number of carbonyl (C=O) groups is 8. The van der Waals surface area contributed by atoms with Crippen LogP contribution in [-0.4, -0.2) is 149 Å². The number of imidazole rings is 4. The van der Waals surface area contributed by atoms with Crippen LogP contribution in [0.1, 0.15) is 229 Å². The van der Waals surface area contributed by atoms with Crippen molar-refractivity contribution >= 4 is 138 Å². The molecule has 4 fully saturated rings. The number of benzene rings is 5. The molecule has 0 spiro atoms. The summed E-state index contributed by atoms with van der Waals surface area (Å²) < 4.78 is 9.06. The Morgan fingerprint density at radius 3 is 0.931 bits per heavy atom. The number of allylic oxidation sites excluding steroid dienone is 3. The number of amides is 5. The second kappa shape index (κ2) is 45.6. The Hall–Kier alpha value is -11.9. The maximum atomic E-state index is 12.6. The van der Waals surface area contributed by atoms with Crippen molar-refractivity contribution in [3.8, 4) is 45.9 Å². The smallest absolute Gasteiger partial charge is 0.257 e. The molecule has 676 valence electrons. The van der Waals surface area contributed by atoms with Crippen LogP contribution in [-0.2, 0) is 19.2 Å². The minimum Gasteiger partial charge on any atom is -0.366 e. The number of nitrogens with one attached hydrogen (secondary N) is 4. The first-order chi connectivity index (χ1) is 63.1. The van der Waals surface area contributed by atoms with Crippen LogP contribution in [0.4, 0.5) is 0 Å². The molecule has 4 saturated carbocycles. The van der Waals surface area contributed by atoms with Gasteiger partial charge in [0.15, 0.2) is 34.8 Å². The van der Waals surface area contributed by atoms with Gasteiger partial charge in [0, 0.05) is 114 Å². The molecule has 8 atom stereocenters. The van der Waals surface area contributed by atoms with Crippen LogP contribution in [0.2, 0.25) is 0 Å². The molecule has 130 heavy (non-hydrogen) atoms. The third-order valence-electron chi connectivity index (χ3n) is 24.7. The SMILES string of the molecule is C/C=C(\SC)C(=O)NC1CCCC(n2c(-c3ccccc3)nc3cc(C(=O)CC)ccc32)C1.C/C=C(\SC)C(=O)NC1CCCC(n2c(-c3ccccn3)nc3cc(C(=O)CC)ccc32)C1.C/C=C(\SC)C(=O)NC1CCCC(n2c(-c3ccccn3)nc3cc(C(N)=O)ccc32)C1.C=C(SC)C(=O)NC1CCCC(n2c(-c3ccccn3)nc3cc(C(=O)CC)ccc32)C1. The summed E-state index contributed by atoms with van der Waals surface area (Å²) in [5, 5.41) is 12.8. The van der Waals surface area contributed by atoms with Crippen molar-refractivity contribution in [3.05, 3.63) is 243 Å². The van der Waals surface area contributed by atoms with Crippen molar-refractivity contribution in [2.75, 3.05) is 25.0 Å². The fraction of sp³-hybridized carbons (Fsp3) is 0.363. The summed E-state index contributed by atoms with van der Waals surface area (Å²) in [6.07, 6.45) is 35.1. The number of nitrogens with zero attached hydrogens (tertiary/aromatic N) is 11. The number of aromatic nitrogens is 11. The van der Waals surface area contributed by atoms with Crippen molar-refractivity contribution < 1.29 is 38.4 Å². The first kappa shape index (κ1) is 95.7. The number of nitrogens with two attached hydrogens (primary N) is 1. The molecule has 0 aliphatic heterocycles. The maximum Gasteiger partial charge on any atom is 0.257 e. The molecule has 28 heteroatoms. The summed E-state index contributed by atoms with van der Waals surface area (Å²) in [5.74, 6) is 3.06. The zero-order valence-electron chi connectivity index (χ0n) is 75.6. The summed E-state index contributed by atoms with van der Waals surface area (Å²) >= 11 is 5.78. The molecule has 12 aromatic rings. The number of hydrogen-bond donors (Lipinski definition) is 5. The van der Waals surface area contributed by atoms with Gasteiger partial charge in [-0.25, -0.2) is 19.9 Å². The van der Waals surface area contributed by atoms with Crippen LogP contribution < -0.4 is 27.0 Å². The number of carbonyl (C=O) groups excluding carboxylic acids is 8. The van der Waals surface area contributed by atoms with E-state index in [1.807, 2.05) is 218 Å². The van der Waals surface area contributed by atoms with Crippen LogP contribution in [0.25, 0.3) is 90.1 Å². The third-order valence-corrected chi connectivity index (χ3v) is 28.0. The average molecular weight is 1820 g/mol. The highest BCUT2D eigenvalue weighted by Crippen LogP contribution is 2.42. The number of ketones is 3. The standard InChI is InChI=1S/C27H31N3O2S.C26H30N4O2S.C25H28N4O2S.C24H27N5O2S/c1-4-24(31)19-14-15-23-22(16-19)29-26(18-10-7-6-8-11-18)30(23)21-13-9-12-20(17-21)28-27(32)25(5-2)33-3;1-4-23(31)17-12-13-22-21(15-17)29-25(20-11-6-7-14-27-20)30(22)19-10-8-9-18(16-19)28-26(32)24(5-2)33-3;1-4-23(30)17-11-12-22-21(14-17)28-24(20-10-5-6-13-26-20)29(22)19-9-7-8-18(15-19)27-25(31)16(2)32-3;1-3-21(32-2)24(31)27-16-7-6-8-17(14-16)29-20-11-10-15(22(25)30)13-19(20)28-23(29)18-9-4-5-12-26-18/h5-8,10-11,14-16,20-21H,4,9,12-13,17H2,1-3H3,(H,28,32);5-7,11-15,18-19H,4,8-10,16H2,1-3H3,(H,28,32);5-6,10-14,18-19H,2,4,7-9,15H2,1,3H3,(H,27,31);3-5,9-13,16-17H,6-8,14H2,1-2H3,(H2,25,30)(H,27,31)/b25-5-;24-5-;;21-3-. The van der Waals surface area contributed by atoms with Crippen LogP contribution in [0.15, 0.2) is 221 Å². The molecule has 4 aliphatic rings. The van der Waals surface area contributed by atoms with Gasteiger partial charge >= 0.3 is 0 Å². The first-order valence-electron chi connectivity index (χ1n) is 45.0. The lowest BCUT2D eigenvalue weighted by molar-refractivity contribution is -0.118. The zero-order chi connectivity index (χ0) is 92.1. The molecule has 5 amide bonds. The van der Waals surface area contributed by atoms with Crippen molar-refractivity contribution in [1.82, 2.24) is 74.4 Å². The maximum absolute atomic E-state index is 12.6. The Labute approximate surface area is 777 Å². The summed E-state index contributed by atoms with van der Waals surface area (Å²) in [6.45, 7) is 15.1. The Morgan fingerprint density at radius 2 is 0.654 bits per heavy atom. The van der Waals surface area contributed by atoms with Crippen LogP contribution in [0.5, 0.6) is 0 Å². The van der Waals surface area contributed by atoms with Crippen LogP contribution in [0, 0.1) is 0 Å². The minimum atomic E-state index is -0.477. The second-order valence-electron chi connectivity index (χ2n) is 32.9. The Bertz CT molecular complexity index is 6000. The number of Topliss-reactive ketones (excluding diaryl/α,β-unsaturated/α-hetero) is 3. The number of rotatable bonds is 27. The predicted molar refractivity (Wildman–Crippen MR) is 529 cm³/mol. The molecule has 7 heterocycles. The number of primary amides is 1. The van der Waals surface area contributed by atoms with Crippen LogP contribution in [0.3, 0.4) is 0 Å². The van der Waals surface area contributed by atoms with Crippen molar-refractivity contribution in [2.45, 2.75) is 212 Å². The number of fused-ring (bicyclic) bond motifs is 4. The number of hydrogen-bond acceptors (Lipinski definition) is 19. The van der Waals surface area contributed by atoms with Gasteiger partial charge in [0.2, 0.25) is 5.91 Å². The highest BCUT2D eigenvalue weighted by molar-refractivity contribution is 8.04. The molecular weight excluding hydrogens is 1710 g/mol. The molecule has 6 N–H and O–H groups in total. The molecule has 24 nitrogen and oxygen atoms in total. The molecular formula is C102H116N16O8S4. The van der Waals surface area contributed by atoms with E-state index in [0.29, 0.717) is 51.9 Å². The van der Waals surface area contributed by atoms with Gasteiger partial charge in [-0.1, -0.05) is 94.1 Å². The summed E-state index contributed by atoms with van der Waals surface area (Å²) in [7, 11) is 0. The van der Waals surface area contributed by atoms with Gasteiger partial charge in [0.05, 0.1) is 63.8 Å². The van der Waals surface area contributed by atoms with Gasteiger partial charge in [0.25, 0.3) is 23.6 Å². The first-order valence-corrected chi connectivity index (χ1v) is 49.9. The van der Waals surface area contributed by atoms with E-state index in [1.165, 1.54) is 47.0 Å². The lowest BCUT2D eigenvalue weighted by Gasteiger charge is -2.32. The van der Waals surface area contributed by atoms with E-state index in [4.69, 9.17) is 25.7 Å². The monoisotopic (exact) mass is 1820 g/mol. The van der Waals surface area contributed by atoms with Gasteiger partial charge in [0.1, 0.15) is 22.9 Å². The predicted octanol–water partition coefficient (Wildman–Crippen LogP) is 21.0. The fourth-order valence-corrected chi connectivity index (χ4v) is 19.9. The van der Waals surface area contributed by atoms with E-state index in [0.717, 1.165) is 202 Å². The zero-order valence-corrected chi connectivity index (χ0v) is 78.9. The van der Waals surface area contributed by atoms with Gasteiger partial charge in [-0.3, -0.25) is 53.3 Å². The second-order valence-corrected chi connectivity index (χ2v) is 36.3. The normalized spacial score (nSPS) is 18.9. The number of thioether (sulfide) groups is 4. The Kier molecular flexibility index (Phi) is 33.6. The highest BCUT2D eigenvalue weighted by Gasteiger charge is 2.35. The van der Waals surface area contributed by atoms with Gasteiger partial charge in [-0.05, 0) is 258 Å². The third kappa shape index (κ3) is 22.8. The quantitative estimate of drug-likeness (QED) is 0.0236. The van der Waals surface area contributed by atoms with Gasteiger partial charge in [-0.2, -0.15) is 0 Å². The molecule has 0 radical (unpaired) electrons. The van der Waals surface area contributed by atoms with E-state index >= 15 is 0 Å². The van der Waals surface area contributed by atoms with E-state index in [2.05, 4.69) is 73.2 Å². The van der Waals surface area contributed by atoms with E-state index in [-0.39, 0.29) is 89.3 Å². The van der Waals surface area contributed by atoms with Crippen LogP contribution >= 0.6 is 47.0 Å². The molecule has 8 unspecified atom stereocenters. The van der Waals surface area contributed by atoms with E-state index in [1.54, 1.807) is 30.7 Å². The topological polar surface area (TPSA) is 321 Å². The minimum absolute atomic E-state index is 0.00110. The fourth-order valence-electron chi connectivity index (χ4n) is 18.2.